The largest absolute Gasteiger partial charge is 0.378 e. The maximum atomic E-state index is 13.6. The number of ether oxygens (including phenoxy) is 1. The number of amides is 1. The van der Waals surface area contributed by atoms with Crippen LogP contribution in [0.15, 0.2) is 30.5 Å². The molecule has 154 valence electrons. The van der Waals surface area contributed by atoms with Crippen LogP contribution in [0.4, 0.5) is 15.9 Å². The van der Waals surface area contributed by atoms with Gasteiger partial charge in [-0.1, -0.05) is 6.07 Å². The Kier molecular flexibility index (Phi) is 5.74. The van der Waals surface area contributed by atoms with Crippen molar-refractivity contribution in [1.82, 2.24) is 9.88 Å². The molecule has 5 nitrogen and oxygen atoms in total. The number of benzene rings is 1. The van der Waals surface area contributed by atoms with Crippen LogP contribution >= 0.6 is 12.4 Å². The summed E-state index contributed by atoms with van der Waals surface area (Å²) in [6, 6.07) is 6.43. The molecule has 29 heavy (non-hydrogen) atoms. The Morgan fingerprint density at radius 1 is 1.10 bits per heavy atom. The lowest BCUT2D eigenvalue weighted by Gasteiger charge is -2.40. The first-order chi connectivity index (χ1) is 13.7. The minimum atomic E-state index is -0.278. The number of fused-ring (bicyclic) bond motifs is 2. The number of nitrogens with one attached hydrogen (secondary N) is 1. The Hall–Kier alpha value is -2.18. The van der Waals surface area contributed by atoms with Crippen molar-refractivity contribution in [2.45, 2.75) is 37.5 Å². The lowest BCUT2D eigenvalue weighted by Crippen LogP contribution is -2.41. The molecule has 3 aliphatic carbocycles. The molecule has 1 N–H and O–H groups in total. The summed E-state index contributed by atoms with van der Waals surface area (Å²) in [7, 11) is 0. The molecule has 2 aromatic rings. The van der Waals surface area contributed by atoms with Gasteiger partial charge in [0.2, 0.25) is 0 Å². The van der Waals surface area contributed by atoms with Crippen molar-refractivity contribution in [3.05, 3.63) is 53.0 Å². The molecule has 1 saturated carbocycles. The Bertz CT molecular complexity index is 909. The lowest BCUT2D eigenvalue weighted by molar-refractivity contribution is 0.0301. The Morgan fingerprint density at radius 3 is 2.48 bits per heavy atom. The highest BCUT2D eigenvalue weighted by Gasteiger charge is 2.39. The van der Waals surface area contributed by atoms with Gasteiger partial charge in [0.1, 0.15) is 11.6 Å². The number of carbonyl (C=O) groups is 1. The van der Waals surface area contributed by atoms with Crippen LogP contribution in [0.1, 0.15) is 59.0 Å². The normalized spacial score (nSPS) is 22.6. The first-order valence-corrected chi connectivity index (χ1v) is 10.1. The standard InChI is InChI=1S/C22H24FN3O2.ClH/c23-16-2-1-3-17(12-16)25-21-20-15-6-4-14(5-7-15)19(20)18(13-24-21)22(27)26-8-10-28-11-9-26;/h1-3,12-15H,4-11H2,(H,24,25);1H. The fourth-order valence-electron chi connectivity index (χ4n) is 4.97. The van der Waals surface area contributed by atoms with Crippen LogP contribution in [0.25, 0.3) is 0 Å². The van der Waals surface area contributed by atoms with Gasteiger partial charge in [0.15, 0.2) is 0 Å². The summed E-state index contributed by atoms with van der Waals surface area (Å²) in [5.41, 5.74) is 3.78. The van der Waals surface area contributed by atoms with Crippen LogP contribution in [0, 0.1) is 5.82 Å². The van der Waals surface area contributed by atoms with Crippen molar-refractivity contribution < 1.29 is 13.9 Å². The van der Waals surface area contributed by atoms with Crippen molar-refractivity contribution in [3.63, 3.8) is 0 Å². The van der Waals surface area contributed by atoms with Crippen LogP contribution in [-0.4, -0.2) is 42.1 Å². The maximum absolute atomic E-state index is 13.6. The van der Waals surface area contributed by atoms with Gasteiger partial charge in [-0.05, 0) is 61.3 Å². The van der Waals surface area contributed by atoms with E-state index >= 15 is 0 Å². The molecule has 1 aromatic carbocycles. The molecule has 1 aliphatic heterocycles. The van der Waals surface area contributed by atoms with Gasteiger partial charge in [0.05, 0.1) is 18.8 Å². The molecule has 0 atom stereocenters. The molecule has 2 fully saturated rings. The Labute approximate surface area is 176 Å². The molecule has 1 amide bonds. The molecular formula is C22H25ClFN3O2. The van der Waals surface area contributed by atoms with Crippen LogP contribution < -0.4 is 5.32 Å². The fraction of sp³-hybridized carbons (Fsp3) is 0.455. The van der Waals surface area contributed by atoms with E-state index in [-0.39, 0.29) is 24.1 Å². The van der Waals surface area contributed by atoms with E-state index in [0.717, 1.165) is 37.1 Å². The third-order valence-corrected chi connectivity index (χ3v) is 6.32. The molecule has 7 heteroatoms. The second kappa shape index (κ2) is 8.28. The van der Waals surface area contributed by atoms with Gasteiger partial charge in [-0.15, -0.1) is 12.4 Å². The van der Waals surface area contributed by atoms with E-state index in [2.05, 4.69) is 10.3 Å². The van der Waals surface area contributed by atoms with Gasteiger partial charge in [-0.2, -0.15) is 0 Å². The summed E-state index contributed by atoms with van der Waals surface area (Å²) >= 11 is 0. The molecule has 0 radical (unpaired) electrons. The average Bonchev–Trinajstić information content (AvgIpc) is 2.75. The summed E-state index contributed by atoms with van der Waals surface area (Å²) in [5.74, 6) is 1.39. The van der Waals surface area contributed by atoms with Crippen molar-refractivity contribution in [1.29, 1.82) is 0 Å². The van der Waals surface area contributed by atoms with Crippen LogP contribution in [0.5, 0.6) is 0 Å². The zero-order valence-electron chi connectivity index (χ0n) is 16.2. The maximum Gasteiger partial charge on any atom is 0.255 e. The Balaban J connectivity index is 0.00000205. The summed E-state index contributed by atoms with van der Waals surface area (Å²) in [5, 5.41) is 3.31. The van der Waals surface area contributed by atoms with Crippen molar-refractivity contribution >= 4 is 29.8 Å². The number of carbonyl (C=O) groups excluding carboxylic acids is 1. The summed E-state index contributed by atoms with van der Waals surface area (Å²) in [6.45, 7) is 2.44. The fourth-order valence-corrected chi connectivity index (χ4v) is 4.97. The summed E-state index contributed by atoms with van der Waals surface area (Å²) in [4.78, 5) is 19.7. The zero-order valence-corrected chi connectivity index (χ0v) is 17.0. The predicted octanol–water partition coefficient (Wildman–Crippen LogP) is 4.61. The number of morpholine rings is 1. The predicted molar refractivity (Wildman–Crippen MR) is 112 cm³/mol. The van der Waals surface area contributed by atoms with Gasteiger partial charge >= 0.3 is 0 Å². The van der Waals surface area contributed by atoms with Crippen molar-refractivity contribution in [3.8, 4) is 0 Å². The minimum Gasteiger partial charge on any atom is -0.378 e. The number of pyridine rings is 1. The molecule has 2 heterocycles. The molecule has 1 aromatic heterocycles. The lowest BCUT2D eigenvalue weighted by atomic mass is 9.66. The second-order valence-corrected chi connectivity index (χ2v) is 7.94. The number of halogens is 2. The quantitative estimate of drug-likeness (QED) is 0.792. The third kappa shape index (κ3) is 3.71. The van der Waals surface area contributed by atoms with Gasteiger partial charge in [-0.3, -0.25) is 4.79 Å². The van der Waals surface area contributed by atoms with E-state index < -0.39 is 0 Å². The monoisotopic (exact) mass is 417 g/mol. The van der Waals surface area contributed by atoms with Crippen molar-refractivity contribution in [2.24, 2.45) is 0 Å². The molecule has 0 unspecified atom stereocenters. The molecule has 6 rings (SSSR count). The van der Waals surface area contributed by atoms with E-state index in [1.165, 1.54) is 23.3 Å². The van der Waals surface area contributed by atoms with Crippen LogP contribution in [-0.2, 0) is 4.74 Å². The molecular weight excluding hydrogens is 393 g/mol. The van der Waals surface area contributed by atoms with E-state index in [9.17, 15) is 9.18 Å². The van der Waals surface area contributed by atoms with Crippen molar-refractivity contribution in [2.75, 3.05) is 31.6 Å². The second-order valence-electron chi connectivity index (χ2n) is 7.94. The first-order valence-electron chi connectivity index (χ1n) is 10.1. The molecule has 2 bridgehead atoms. The van der Waals surface area contributed by atoms with Gasteiger partial charge in [-0.25, -0.2) is 9.37 Å². The SMILES string of the molecule is Cl.O=C(c1cnc(Nc2cccc(F)c2)c2c1C1CCC2CC1)N1CCOCC1. The van der Waals surface area contributed by atoms with Gasteiger partial charge < -0.3 is 15.0 Å². The number of rotatable bonds is 3. The number of hydrogen-bond donors (Lipinski definition) is 1. The topological polar surface area (TPSA) is 54.5 Å². The third-order valence-electron chi connectivity index (χ3n) is 6.32. The number of anilines is 2. The van der Waals surface area contributed by atoms with Crippen LogP contribution in [0.2, 0.25) is 0 Å². The smallest absolute Gasteiger partial charge is 0.255 e. The highest BCUT2D eigenvalue weighted by atomic mass is 35.5. The highest BCUT2D eigenvalue weighted by Crippen LogP contribution is 2.52. The Morgan fingerprint density at radius 2 is 1.79 bits per heavy atom. The zero-order chi connectivity index (χ0) is 19.1. The van der Waals surface area contributed by atoms with E-state index in [1.807, 2.05) is 11.0 Å². The number of aromatic nitrogens is 1. The molecule has 1 saturated heterocycles. The van der Waals surface area contributed by atoms with Crippen LogP contribution in [0.3, 0.4) is 0 Å². The van der Waals surface area contributed by atoms with Gasteiger partial charge in [0, 0.05) is 30.5 Å². The summed E-state index contributed by atoms with van der Waals surface area (Å²) in [6.07, 6.45) is 6.24. The average molecular weight is 418 g/mol. The molecule has 4 aliphatic rings. The van der Waals surface area contributed by atoms with E-state index in [4.69, 9.17) is 4.74 Å². The van der Waals surface area contributed by atoms with E-state index in [0.29, 0.717) is 43.8 Å². The molecule has 0 spiro atoms. The van der Waals surface area contributed by atoms with E-state index in [1.54, 1.807) is 12.3 Å². The van der Waals surface area contributed by atoms with Gasteiger partial charge in [0.25, 0.3) is 5.91 Å². The summed E-state index contributed by atoms with van der Waals surface area (Å²) < 4.78 is 19.0. The number of nitrogens with zero attached hydrogens (tertiary/aromatic N) is 2. The first kappa shape index (κ1) is 20.1. The minimum absolute atomic E-state index is 0. The highest BCUT2D eigenvalue weighted by molar-refractivity contribution is 5.97. The number of hydrogen-bond acceptors (Lipinski definition) is 4.